The molecule has 0 spiro atoms. The van der Waals surface area contributed by atoms with Crippen molar-refractivity contribution in [3.05, 3.63) is 76.6 Å². The van der Waals surface area contributed by atoms with Gasteiger partial charge in [0.05, 0.1) is 11.4 Å². The summed E-state index contributed by atoms with van der Waals surface area (Å²) in [6, 6.07) is 13.6. The van der Waals surface area contributed by atoms with Gasteiger partial charge in [-0.1, -0.05) is 29.8 Å². The van der Waals surface area contributed by atoms with Crippen molar-refractivity contribution in [1.29, 1.82) is 0 Å². The zero-order valence-corrected chi connectivity index (χ0v) is 15.5. The van der Waals surface area contributed by atoms with Crippen LogP contribution in [0.15, 0.2) is 48.7 Å². The Kier molecular flexibility index (Phi) is 5.07. The molecule has 0 aliphatic rings. The molecule has 0 saturated carbocycles. The van der Waals surface area contributed by atoms with Gasteiger partial charge in [0.2, 0.25) is 0 Å². The van der Waals surface area contributed by atoms with Crippen molar-refractivity contribution >= 4 is 11.6 Å². The maximum Gasteiger partial charge on any atom is 0.255 e. The molecule has 134 valence electrons. The van der Waals surface area contributed by atoms with Gasteiger partial charge in [0.25, 0.3) is 5.91 Å². The number of carbonyl (C=O) groups is 1. The van der Waals surface area contributed by atoms with Gasteiger partial charge < -0.3 is 10.1 Å². The molecule has 3 aromatic rings. The molecule has 0 saturated heterocycles. The van der Waals surface area contributed by atoms with Gasteiger partial charge in [-0.3, -0.25) is 9.48 Å². The molecular formula is C21H23N3O2. The Balaban J connectivity index is 1.69. The van der Waals surface area contributed by atoms with Gasteiger partial charge in [-0.15, -0.1) is 0 Å². The van der Waals surface area contributed by atoms with Crippen molar-refractivity contribution in [3.63, 3.8) is 0 Å². The van der Waals surface area contributed by atoms with Crippen LogP contribution in [0.5, 0.6) is 5.75 Å². The van der Waals surface area contributed by atoms with E-state index in [-0.39, 0.29) is 5.91 Å². The molecule has 1 N–H and O–H groups in total. The molecular weight excluding hydrogens is 326 g/mol. The lowest BCUT2D eigenvalue weighted by atomic mass is 10.1. The number of benzene rings is 2. The van der Waals surface area contributed by atoms with E-state index in [1.165, 1.54) is 5.56 Å². The highest BCUT2D eigenvalue weighted by Crippen LogP contribution is 2.20. The van der Waals surface area contributed by atoms with Crippen molar-refractivity contribution in [2.75, 3.05) is 5.32 Å². The predicted molar refractivity (Wildman–Crippen MR) is 103 cm³/mol. The Labute approximate surface area is 153 Å². The van der Waals surface area contributed by atoms with Crippen LogP contribution < -0.4 is 10.1 Å². The number of aryl methyl sites for hydroxylation is 4. The van der Waals surface area contributed by atoms with Crippen LogP contribution >= 0.6 is 0 Å². The SMILES string of the molecule is Cc1ccc(OCc2cccc(C(=O)Nc3cn(C)nc3C)c2)c(C)c1. The smallest absolute Gasteiger partial charge is 0.255 e. The number of nitrogens with zero attached hydrogens (tertiary/aromatic N) is 2. The standard InChI is InChI=1S/C21H23N3O2/c1-14-8-9-20(15(2)10-14)26-13-17-6-5-7-18(11-17)21(25)22-19-12-24(4)23-16(19)3/h5-12H,13H2,1-4H3,(H,22,25). The molecule has 3 rings (SSSR count). The Bertz CT molecular complexity index is 944. The maximum atomic E-state index is 12.5. The summed E-state index contributed by atoms with van der Waals surface area (Å²) < 4.78 is 7.59. The van der Waals surface area contributed by atoms with Crippen LogP contribution in [-0.2, 0) is 13.7 Å². The Morgan fingerprint density at radius 3 is 2.65 bits per heavy atom. The van der Waals surface area contributed by atoms with Crippen LogP contribution in [0.2, 0.25) is 0 Å². The first kappa shape index (κ1) is 17.7. The minimum atomic E-state index is -0.158. The maximum absolute atomic E-state index is 12.5. The van der Waals surface area contributed by atoms with Crippen LogP contribution in [0, 0.1) is 20.8 Å². The molecule has 26 heavy (non-hydrogen) atoms. The summed E-state index contributed by atoms with van der Waals surface area (Å²) in [6.07, 6.45) is 1.79. The summed E-state index contributed by atoms with van der Waals surface area (Å²) in [7, 11) is 1.83. The average Bonchev–Trinajstić information content (AvgIpc) is 2.91. The van der Waals surface area contributed by atoms with E-state index < -0.39 is 0 Å². The second-order valence-electron chi connectivity index (χ2n) is 6.51. The molecule has 1 amide bonds. The second-order valence-corrected chi connectivity index (χ2v) is 6.51. The number of aromatic nitrogens is 2. The zero-order chi connectivity index (χ0) is 18.7. The molecule has 0 fully saturated rings. The number of amides is 1. The molecule has 0 aliphatic carbocycles. The van der Waals surface area contributed by atoms with Crippen molar-refractivity contribution in [2.24, 2.45) is 7.05 Å². The summed E-state index contributed by atoms with van der Waals surface area (Å²) in [5.74, 6) is 0.700. The van der Waals surface area contributed by atoms with Crippen LogP contribution in [0.1, 0.15) is 32.7 Å². The lowest BCUT2D eigenvalue weighted by Gasteiger charge is -2.11. The fraction of sp³-hybridized carbons (Fsp3) is 0.238. The van der Waals surface area contributed by atoms with Crippen LogP contribution in [0.4, 0.5) is 5.69 Å². The third kappa shape index (κ3) is 4.11. The Hall–Kier alpha value is -3.08. The number of nitrogens with one attached hydrogen (secondary N) is 1. The van der Waals surface area contributed by atoms with Crippen molar-refractivity contribution < 1.29 is 9.53 Å². The van der Waals surface area contributed by atoms with E-state index in [2.05, 4.69) is 23.4 Å². The minimum absolute atomic E-state index is 0.158. The van der Waals surface area contributed by atoms with Crippen LogP contribution in [0.3, 0.4) is 0 Å². The normalized spacial score (nSPS) is 10.6. The number of ether oxygens (including phenoxy) is 1. The third-order valence-electron chi connectivity index (χ3n) is 4.18. The minimum Gasteiger partial charge on any atom is -0.489 e. The second kappa shape index (κ2) is 7.44. The van der Waals surface area contributed by atoms with E-state index in [4.69, 9.17) is 4.74 Å². The monoisotopic (exact) mass is 349 g/mol. The van der Waals surface area contributed by atoms with E-state index in [0.29, 0.717) is 12.2 Å². The lowest BCUT2D eigenvalue weighted by molar-refractivity contribution is 0.102. The first-order valence-electron chi connectivity index (χ1n) is 8.53. The van der Waals surface area contributed by atoms with E-state index in [9.17, 15) is 4.79 Å². The predicted octanol–water partition coefficient (Wildman–Crippen LogP) is 4.18. The van der Waals surface area contributed by atoms with Crippen LogP contribution in [0.25, 0.3) is 0 Å². The van der Waals surface area contributed by atoms with E-state index in [0.717, 1.165) is 28.3 Å². The first-order chi connectivity index (χ1) is 12.4. The third-order valence-corrected chi connectivity index (χ3v) is 4.18. The number of hydrogen-bond acceptors (Lipinski definition) is 3. The molecule has 5 nitrogen and oxygen atoms in total. The molecule has 5 heteroatoms. The molecule has 0 bridgehead atoms. The summed E-state index contributed by atoms with van der Waals surface area (Å²) in [6.45, 7) is 6.37. The zero-order valence-electron chi connectivity index (χ0n) is 15.5. The number of carbonyl (C=O) groups excluding carboxylic acids is 1. The molecule has 1 heterocycles. The van der Waals surface area contributed by atoms with Gasteiger partial charge in [0, 0.05) is 18.8 Å². The summed E-state index contributed by atoms with van der Waals surface area (Å²) in [4.78, 5) is 12.5. The van der Waals surface area contributed by atoms with Gasteiger partial charge >= 0.3 is 0 Å². The van der Waals surface area contributed by atoms with Gasteiger partial charge in [-0.2, -0.15) is 5.10 Å². The van der Waals surface area contributed by atoms with Gasteiger partial charge in [0.15, 0.2) is 0 Å². The van der Waals surface area contributed by atoms with Gasteiger partial charge in [0.1, 0.15) is 12.4 Å². The fourth-order valence-corrected chi connectivity index (χ4v) is 2.84. The molecule has 0 atom stereocenters. The molecule has 2 aromatic carbocycles. The summed E-state index contributed by atoms with van der Waals surface area (Å²) >= 11 is 0. The number of rotatable bonds is 5. The lowest BCUT2D eigenvalue weighted by Crippen LogP contribution is -2.12. The Morgan fingerprint density at radius 1 is 1.15 bits per heavy atom. The largest absolute Gasteiger partial charge is 0.489 e. The highest BCUT2D eigenvalue weighted by atomic mass is 16.5. The van der Waals surface area contributed by atoms with Crippen molar-refractivity contribution in [1.82, 2.24) is 9.78 Å². The van der Waals surface area contributed by atoms with Crippen molar-refractivity contribution in [2.45, 2.75) is 27.4 Å². The van der Waals surface area contributed by atoms with E-state index in [1.807, 2.05) is 51.2 Å². The Morgan fingerprint density at radius 2 is 1.96 bits per heavy atom. The number of hydrogen-bond donors (Lipinski definition) is 1. The quantitative estimate of drug-likeness (QED) is 0.752. The van der Waals surface area contributed by atoms with Crippen LogP contribution in [-0.4, -0.2) is 15.7 Å². The molecule has 0 unspecified atom stereocenters. The average molecular weight is 349 g/mol. The highest BCUT2D eigenvalue weighted by Gasteiger charge is 2.11. The molecule has 0 aliphatic heterocycles. The topological polar surface area (TPSA) is 56.1 Å². The van der Waals surface area contributed by atoms with E-state index >= 15 is 0 Å². The number of anilines is 1. The van der Waals surface area contributed by atoms with Gasteiger partial charge in [-0.05, 0) is 50.1 Å². The summed E-state index contributed by atoms with van der Waals surface area (Å²) in [5, 5.41) is 7.14. The molecule has 1 aromatic heterocycles. The highest BCUT2D eigenvalue weighted by molar-refractivity contribution is 6.04. The summed E-state index contributed by atoms with van der Waals surface area (Å²) in [5.41, 5.74) is 5.35. The molecule has 0 radical (unpaired) electrons. The van der Waals surface area contributed by atoms with Crippen molar-refractivity contribution in [3.8, 4) is 5.75 Å². The fourth-order valence-electron chi connectivity index (χ4n) is 2.84. The van der Waals surface area contributed by atoms with E-state index in [1.54, 1.807) is 16.9 Å². The first-order valence-corrected chi connectivity index (χ1v) is 8.53. The van der Waals surface area contributed by atoms with Gasteiger partial charge in [-0.25, -0.2) is 0 Å².